The molecule has 0 bridgehead atoms. The number of aliphatic hydroxyl groups is 1. The Balaban J connectivity index is 0. The lowest BCUT2D eigenvalue weighted by Crippen LogP contribution is -2.36. The average molecular weight is 247 g/mol. The third kappa shape index (κ3) is 15.9. The molecule has 0 radical (unpaired) electrons. The van der Waals surface area contributed by atoms with E-state index in [0.29, 0.717) is 0 Å². The van der Waals surface area contributed by atoms with Gasteiger partial charge in [-0.1, -0.05) is 27.7 Å². The van der Waals surface area contributed by atoms with Gasteiger partial charge in [-0.2, -0.15) is 0 Å². The van der Waals surface area contributed by atoms with Gasteiger partial charge in [-0.3, -0.25) is 4.90 Å². The van der Waals surface area contributed by atoms with Crippen LogP contribution in [0.5, 0.6) is 0 Å². The molecule has 3 heteroatoms. The standard InChI is InChI=1S/C7H15NO.C5H12O.C2H6/c1-2-3-8-4-6-9-7-5-8;1-4-5(2,3)6;1-2/h2-7H2,1H3;6H,4H2,1-3H3;1-2H3. The molecule has 0 aromatic carbocycles. The zero-order valence-corrected chi connectivity index (χ0v) is 12.8. The molecule has 1 aliphatic heterocycles. The van der Waals surface area contributed by atoms with Crippen molar-refractivity contribution in [1.29, 1.82) is 0 Å². The molecule has 3 nitrogen and oxygen atoms in total. The van der Waals surface area contributed by atoms with E-state index in [1.165, 1.54) is 13.0 Å². The molecule has 1 rings (SSSR count). The Kier molecular flexibility index (Phi) is 14.0. The number of nitrogens with zero attached hydrogens (tertiary/aromatic N) is 1. The Hall–Kier alpha value is -0.120. The number of rotatable bonds is 3. The van der Waals surface area contributed by atoms with Crippen LogP contribution in [0.4, 0.5) is 0 Å². The second-order valence-electron chi connectivity index (χ2n) is 4.62. The molecule has 0 amide bonds. The normalized spacial score (nSPS) is 16.4. The summed E-state index contributed by atoms with van der Waals surface area (Å²) in [6.07, 6.45) is 2.09. The molecule has 0 spiro atoms. The molecule has 0 saturated carbocycles. The van der Waals surface area contributed by atoms with E-state index in [-0.39, 0.29) is 0 Å². The summed E-state index contributed by atoms with van der Waals surface area (Å²) in [5, 5.41) is 8.83. The van der Waals surface area contributed by atoms with E-state index in [4.69, 9.17) is 9.84 Å². The summed E-state index contributed by atoms with van der Waals surface area (Å²) in [4.78, 5) is 2.45. The number of ether oxygens (including phenoxy) is 1. The van der Waals surface area contributed by atoms with Crippen molar-refractivity contribution in [2.75, 3.05) is 32.8 Å². The van der Waals surface area contributed by atoms with Gasteiger partial charge in [0.25, 0.3) is 0 Å². The van der Waals surface area contributed by atoms with Crippen LogP contribution in [0, 0.1) is 0 Å². The SMILES string of the molecule is CC.CCC(C)(C)O.CCCN1CCOCC1. The summed E-state index contributed by atoms with van der Waals surface area (Å²) in [6, 6.07) is 0. The summed E-state index contributed by atoms with van der Waals surface area (Å²) in [7, 11) is 0. The molecule has 0 aliphatic carbocycles. The van der Waals surface area contributed by atoms with Crippen molar-refractivity contribution >= 4 is 0 Å². The van der Waals surface area contributed by atoms with Crippen LogP contribution in [0.15, 0.2) is 0 Å². The Morgan fingerprint density at radius 1 is 1.12 bits per heavy atom. The molecule has 0 unspecified atom stereocenters. The van der Waals surface area contributed by atoms with Crippen LogP contribution in [-0.2, 0) is 4.74 Å². The number of morpholine rings is 1. The molecule has 0 aromatic rings. The van der Waals surface area contributed by atoms with Gasteiger partial charge < -0.3 is 9.84 Å². The summed E-state index contributed by atoms with van der Waals surface area (Å²) in [5.74, 6) is 0. The van der Waals surface area contributed by atoms with Crippen LogP contribution in [0.3, 0.4) is 0 Å². The third-order valence-corrected chi connectivity index (χ3v) is 2.51. The van der Waals surface area contributed by atoms with Crippen molar-refractivity contribution in [1.82, 2.24) is 4.90 Å². The summed E-state index contributed by atoms with van der Waals surface area (Å²) in [5.41, 5.74) is -0.458. The van der Waals surface area contributed by atoms with Crippen molar-refractivity contribution in [3.8, 4) is 0 Å². The van der Waals surface area contributed by atoms with Gasteiger partial charge in [-0.05, 0) is 33.2 Å². The van der Waals surface area contributed by atoms with Crippen molar-refractivity contribution in [3.63, 3.8) is 0 Å². The summed E-state index contributed by atoms with van der Waals surface area (Å²) < 4.78 is 5.20. The Labute approximate surface area is 108 Å². The Morgan fingerprint density at radius 2 is 1.53 bits per heavy atom. The van der Waals surface area contributed by atoms with Crippen molar-refractivity contribution in [2.24, 2.45) is 0 Å². The molecule has 17 heavy (non-hydrogen) atoms. The van der Waals surface area contributed by atoms with Crippen molar-refractivity contribution in [2.45, 2.75) is 60.0 Å². The highest BCUT2D eigenvalue weighted by Crippen LogP contribution is 2.03. The van der Waals surface area contributed by atoms with Gasteiger partial charge in [0.1, 0.15) is 0 Å². The lowest BCUT2D eigenvalue weighted by atomic mass is 10.1. The first-order chi connectivity index (χ1) is 7.99. The minimum absolute atomic E-state index is 0.458. The second-order valence-corrected chi connectivity index (χ2v) is 4.62. The highest BCUT2D eigenvalue weighted by atomic mass is 16.5. The zero-order valence-electron chi connectivity index (χ0n) is 12.8. The first-order valence-corrected chi connectivity index (χ1v) is 7.02. The molecule has 1 saturated heterocycles. The molecule has 1 heterocycles. The maximum absolute atomic E-state index is 8.83. The lowest BCUT2D eigenvalue weighted by molar-refractivity contribution is 0.0380. The highest BCUT2D eigenvalue weighted by molar-refractivity contribution is 4.60. The van der Waals surface area contributed by atoms with E-state index < -0.39 is 5.60 Å². The van der Waals surface area contributed by atoms with E-state index in [1.807, 2.05) is 20.8 Å². The van der Waals surface area contributed by atoms with Gasteiger partial charge >= 0.3 is 0 Å². The van der Waals surface area contributed by atoms with Crippen LogP contribution in [-0.4, -0.2) is 48.5 Å². The molecule has 0 atom stereocenters. The first-order valence-electron chi connectivity index (χ1n) is 7.02. The molecular weight excluding hydrogens is 214 g/mol. The third-order valence-electron chi connectivity index (χ3n) is 2.51. The quantitative estimate of drug-likeness (QED) is 0.832. The lowest BCUT2D eigenvalue weighted by Gasteiger charge is -2.25. The van der Waals surface area contributed by atoms with Crippen LogP contribution in [0.25, 0.3) is 0 Å². The molecule has 1 fully saturated rings. The predicted octanol–water partition coefficient (Wildman–Crippen LogP) is 2.92. The largest absolute Gasteiger partial charge is 0.390 e. The second kappa shape index (κ2) is 12.3. The van der Waals surface area contributed by atoms with Crippen LogP contribution in [0.1, 0.15) is 54.4 Å². The zero-order chi connectivity index (χ0) is 13.7. The number of hydrogen-bond donors (Lipinski definition) is 1. The molecule has 1 aliphatic rings. The van der Waals surface area contributed by atoms with Gasteiger partial charge in [0.15, 0.2) is 0 Å². The Bertz CT molecular complexity index is 135. The van der Waals surface area contributed by atoms with E-state index >= 15 is 0 Å². The maximum atomic E-state index is 8.83. The maximum Gasteiger partial charge on any atom is 0.0594 e. The molecule has 0 aromatic heterocycles. The fourth-order valence-corrected chi connectivity index (χ4v) is 1.14. The van der Waals surface area contributed by atoms with Gasteiger partial charge in [0.2, 0.25) is 0 Å². The van der Waals surface area contributed by atoms with Crippen LogP contribution in [0.2, 0.25) is 0 Å². The van der Waals surface area contributed by atoms with Gasteiger partial charge in [-0.15, -0.1) is 0 Å². The predicted molar refractivity (Wildman–Crippen MR) is 75.5 cm³/mol. The average Bonchev–Trinajstić information content (AvgIpc) is 2.33. The van der Waals surface area contributed by atoms with Gasteiger partial charge in [0.05, 0.1) is 18.8 Å². The van der Waals surface area contributed by atoms with Crippen LogP contribution >= 0.6 is 0 Å². The fraction of sp³-hybridized carbons (Fsp3) is 1.00. The summed E-state index contributed by atoms with van der Waals surface area (Å²) in [6.45, 7) is 17.1. The smallest absolute Gasteiger partial charge is 0.0594 e. The minimum Gasteiger partial charge on any atom is -0.390 e. The van der Waals surface area contributed by atoms with Crippen LogP contribution < -0.4 is 0 Å². The minimum atomic E-state index is -0.458. The van der Waals surface area contributed by atoms with E-state index in [0.717, 1.165) is 32.7 Å². The topological polar surface area (TPSA) is 32.7 Å². The van der Waals surface area contributed by atoms with Crippen molar-refractivity contribution in [3.05, 3.63) is 0 Å². The monoisotopic (exact) mass is 247 g/mol. The Morgan fingerprint density at radius 3 is 1.82 bits per heavy atom. The molecule has 106 valence electrons. The van der Waals surface area contributed by atoms with E-state index in [9.17, 15) is 0 Å². The van der Waals surface area contributed by atoms with E-state index in [1.54, 1.807) is 13.8 Å². The highest BCUT2D eigenvalue weighted by Gasteiger charge is 2.07. The van der Waals surface area contributed by atoms with Crippen molar-refractivity contribution < 1.29 is 9.84 Å². The summed E-state index contributed by atoms with van der Waals surface area (Å²) >= 11 is 0. The molecule has 1 N–H and O–H groups in total. The number of hydrogen-bond acceptors (Lipinski definition) is 3. The van der Waals surface area contributed by atoms with E-state index in [2.05, 4.69) is 11.8 Å². The van der Waals surface area contributed by atoms with Gasteiger partial charge in [0, 0.05) is 13.1 Å². The fourth-order valence-electron chi connectivity index (χ4n) is 1.14. The molecular formula is C14H33NO2. The first kappa shape index (κ1) is 19.2. The van der Waals surface area contributed by atoms with Gasteiger partial charge in [-0.25, -0.2) is 0 Å².